The number of sulfonamides is 1. The Bertz CT molecular complexity index is 1090. The molecule has 2 N–H and O–H groups in total. The standard InChI is InChI=1S/C20H18N2O6S/c1-27-20(24)15-6-4-14(5-7-15)19(23)22-16-8-10-18(11-9-16)29(25,26)21-13-17-3-2-12-28-17/h2-12,21H,13H2,1H3,(H,22,23). The Morgan fingerprint density at radius 3 is 2.21 bits per heavy atom. The van der Waals surface area contributed by atoms with Crippen molar-refractivity contribution in [1.82, 2.24) is 4.72 Å². The van der Waals surface area contributed by atoms with Crippen LogP contribution >= 0.6 is 0 Å². The third-order valence-corrected chi connectivity index (χ3v) is 5.42. The molecule has 0 atom stereocenters. The molecule has 9 heteroatoms. The lowest BCUT2D eigenvalue weighted by Crippen LogP contribution is -2.23. The Hall–Kier alpha value is -3.43. The van der Waals surface area contributed by atoms with Gasteiger partial charge in [-0.25, -0.2) is 17.9 Å². The predicted octanol–water partition coefficient (Wildman–Crippen LogP) is 2.80. The first-order chi connectivity index (χ1) is 13.9. The number of carbonyl (C=O) groups is 2. The van der Waals surface area contributed by atoms with Crippen molar-refractivity contribution >= 4 is 27.6 Å². The minimum Gasteiger partial charge on any atom is -0.468 e. The van der Waals surface area contributed by atoms with Crippen molar-refractivity contribution in [2.24, 2.45) is 0 Å². The summed E-state index contributed by atoms with van der Waals surface area (Å²) in [6.45, 7) is 0.0371. The molecule has 1 heterocycles. The van der Waals surface area contributed by atoms with Crippen LogP contribution in [0.2, 0.25) is 0 Å². The molecule has 0 saturated carbocycles. The van der Waals surface area contributed by atoms with Crippen LogP contribution in [0, 0.1) is 0 Å². The summed E-state index contributed by atoms with van der Waals surface area (Å²) in [4.78, 5) is 23.8. The minimum absolute atomic E-state index is 0.0371. The highest BCUT2D eigenvalue weighted by molar-refractivity contribution is 7.89. The number of amides is 1. The van der Waals surface area contributed by atoms with Gasteiger partial charge in [-0.05, 0) is 60.7 Å². The second-order valence-corrected chi connectivity index (χ2v) is 7.72. The van der Waals surface area contributed by atoms with E-state index in [9.17, 15) is 18.0 Å². The maximum atomic E-state index is 12.3. The summed E-state index contributed by atoms with van der Waals surface area (Å²) in [5, 5.41) is 2.67. The van der Waals surface area contributed by atoms with Crippen molar-refractivity contribution in [3.8, 4) is 0 Å². The van der Waals surface area contributed by atoms with E-state index < -0.39 is 21.9 Å². The van der Waals surface area contributed by atoms with Crippen molar-refractivity contribution in [3.05, 3.63) is 83.8 Å². The quantitative estimate of drug-likeness (QED) is 0.575. The number of methoxy groups -OCH3 is 1. The SMILES string of the molecule is COC(=O)c1ccc(C(=O)Nc2ccc(S(=O)(=O)NCc3ccco3)cc2)cc1. The van der Waals surface area contributed by atoms with Crippen molar-refractivity contribution in [3.63, 3.8) is 0 Å². The number of hydrogen-bond acceptors (Lipinski definition) is 6. The molecule has 0 aliphatic carbocycles. The Morgan fingerprint density at radius 2 is 1.62 bits per heavy atom. The number of carbonyl (C=O) groups excluding carboxylic acids is 2. The van der Waals surface area contributed by atoms with Crippen LogP contribution in [0.3, 0.4) is 0 Å². The van der Waals surface area contributed by atoms with Gasteiger partial charge in [-0.15, -0.1) is 0 Å². The summed E-state index contributed by atoms with van der Waals surface area (Å²) in [6, 6.07) is 15.1. The Labute approximate surface area is 167 Å². The minimum atomic E-state index is -3.72. The van der Waals surface area contributed by atoms with Crippen LogP contribution in [-0.2, 0) is 21.3 Å². The van der Waals surface area contributed by atoms with Crippen molar-refractivity contribution in [1.29, 1.82) is 0 Å². The molecule has 0 radical (unpaired) electrons. The maximum absolute atomic E-state index is 12.3. The van der Waals surface area contributed by atoms with E-state index in [4.69, 9.17) is 4.42 Å². The fourth-order valence-electron chi connectivity index (χ4n) is 2.46. The fourth-order valence-corrected chi connectivity index (χ4v) is 3.45. The maximum Gasteiger partial charge on any atom is 0.337 e. The molecule has 0 aliphatic rings. The number of hydrogen-bond donors (Lipinski definition) is 2. The molecule has 8 nitrogen and oxygen atoms in total. The highest BCUT2D eigenvalue weighted by Gasteiger charge is 2.15. The van der Waals surface area contributed by atoms with Gasteiger partial charge in [0.25, 0.3) is 5.91 Å². The van der Waals surface area contributed by atoms with E-state index in [1.54, 1.807) is 12.1 Å². The van der Waals surface area contributed by atoms with Crippen molar-refractivity contribution in [2.45, 2.75) is 11.4 Å². The molecule has 0 aliphatic heterocycles. The molecule has 3 rings (SSSR count). The lowest BCUT2D eigenvalue weighted by atomic mass is 10.1. The molecule has 0 bridgehead atoms. The zero-order valence-corrected chi connectivity index (χ0v) is 16.2. The average molecular weight is 414 g/mol. The van der Waals surface area contributed by atoms with Crippen molar-refractivity contribution < 1.29 is 27.2 Å². The Balaban J connectivity index is 1.63. The smallest absolute Gasteiger partial charge is 0.337 e. The van der Waals surface area contributed by atoms with Gasteiger partial charge in [0.15, 0.2) is 0 Å². The molecular weight excluding hydrogens is 396 g/mol. The molecule has 0 spiro atoms. The van der Waals surface area contributed by atoms with Crippen LogP contribution < -0.4 is 10.0 Å². The third-order valence-electron chi connectivity index (χ3n) is 4.01. The highest BCUT2D eigenvalue weighted by atomic mass is 32.2. The number of rotatable bonds is 7. The van der Waals surface area contributed by atoms with E-state index in [0.717, 1.165) is 0 Å². The Morgan fingerprint density at radius 1 is 0.966 bits per heavy atom. The van der Waals surface area contributed by atoms with Crippen LogP contribution in [0.1, 0.15) is 26.5 Å². The first-order valence-corrected chi connectivity index (χ1v) is 9.99. The predicted molar refractivity (Wildman–Crippen MR) is 105 cm³/mol. The van der Waals surface area contributed by atoms with Crippen molar-refractivity contribution in [2.75, 3.05) is 12.4 Å². The van der Waals surface area contributed by atoms with Gasteiger partial charge in [-0.2, -0.15) is 0 Å². The van der Waals surface area contributed by atoms with E-state index in [-0.39, 0.29) is 11.4 Å². The molecule has 0 fully saturated rings. The summed E-state index contributed by atoms with van der Waals surface area (Å²) >= 11 is 0. The first-order valence-electron chi connectivity index (χ1n) is 8.51. The molecule has 3 aromatic rings. The topological polar surface area (TPSA) is 115 Å². The lowest BCUT2D eigenvalue weighted by Gasteiger charge is -2.08. The van der Waals surface area contributed by atoms with Gasteiger partial charge >= 0.3 is 5.97 Å². The van der Waals surface area contributed by atoms with Gasteiger partial charge in [0, 0.05) is 11.3 Å². The van der Waals surface area contributed by atoms with Gasteiger partial charge in [0.05, 0.1) is 30.4 Å². The lowest BCUT2D eigenvalue weighted by molar-refractivity contribution is 0.0600. The molecular formula is C20H18N2O6S. The summed E-state index contributed by atoms with van der Waals surface area (Å²) in [6.07, 6.45) is 1.46. The van der Waals surface area contributed by atoms with E-state index in [1.165, 1.54) is 61.9 Å². The second-order valence-electron chi connectivity index (χ2n) is 5.95. The number of ether oxygens (including phenoxy) is 1. The summed E-state index contributed by atoms with van der Waals surface area (Å²) in [7, 11) is -2.44. The number of esters is 1. The third kappa shape index (κ3) is 5.09. The van der Waals surface area contributed by atoms with E-state index in [1.807, 2.05) is 0 Å². The summed E-state index contributed by atoms with van der Waals surface area (Å²) in [5.41, 5.74) is 1.10. The van der Waals surface area contributed by atoms with Gasteiger partial charge in [-0.1, -0.05) is 0 Å². The summed E-state index contributed by atoms with van der Waals surface area (Å²) in [5.74, 6) is -0.391. The van der Waals surface area contributed by atoms with Crippen LogP contribution in [0.5, 0.6) is 0 Å². The fraction of sp³-hybridized carbons (Fsp3) is 0.100. The van der Waals surface area contributed by atoms with Gasteiger partial charge in [0.2, 0.25) is 10.0 Å². The van der Waals surface area contributed by atoms with Crippen LogP contribution in [0.25, 0.3) is 0 Å². The average Bonchev–Trinajstić information content (AvgIpc) is 3.26. The molecule has 2 aromatic carbocycles. The van der Waals surface area contributed by atoms with Gasteiger partial charge in [-0.3, -0.25) is 4.79 Å². The largest absolute Gasteiger partial charge is 0.468 e. The summed E-state index contributed by atoms with van der Waals surface area (Å²) < 4.78 is 36.8. The Kier molecular flexibility index (Phi) is 6.10. The van der Waals surface area contributed by atoms with Crippen LogP contribution in [-0.4, -0.2) is 27.4 Å². The van der Waals surface area contributed by atoms with E-state index in [0.29, 0.717) is 22.6 Å². The number of benzene rings is 2. The molecule has 150 valence electrons. The molecule has 0 saturated heterocycles. The highest BCUT2D eigenvalue weighted by Crippen LogP contribution is 2.16. The van der Waals surface area contributed by atoms with Gasteiger partial charge < -0.3 is 14.5 Å². The molecule has 1 aromatic heterocycles. The monoisotopic (exact) mass is 414 g/mol. The second kappa shape index (κ2) is 8.72. The zero-order chi connectivity index (χ0) is 20.9. The van der Waals surface area contributed by atoms with Crippen LogP contribution in [0.4, 0.5) is 5.69 Å². The first kappa shape index (κ1) is 20.3. The van der Waals surface area contributed by atoms with Crippen LogP contribution in [0.15, 0.2) is 76.2 Å². The molecule has 0 unspecified atom stereocenters. The van der Waals surface area contributed by atoms with E-state index in [2.05, 4.69) is 14.8 Å². The number of anilines is 1. The number of furan rings is 1. The number of nitrogens with one attached hydrogen (secondary N) is 2. The zero-order valence-electron chi connectivity index (χ0n) is 15.4. The molecule has 29 heavy (non-hydrogen) atoms. The van der Waals surface area contributed by atoms with Gasteiger partial charge in [0.1, 0.15) is 5.76 Å². The van der Waals surface area contributed by atoms with E-state index >= 15 is 0 Å². The molecule has 1 amide bonds. The normalized spacial score (nSPS) is 11.1.